The number of aromatic amines is 4. The first kappa shape index (κ1) is 110. The standard InChI is InChI=1S/C70H91N26O47P7/c71-44-1-5-90(67(105)80-44)49-10-30(37(17-98)130-49)137-146(113,114)125-23-42-34(14-53(135-42)95-26-78-56-59(95)85-65(75)88-62(56)103)141-148(117,118)126-20-39-31(11-50(132-39)91-6-2-45(72)81-68(91)106)138-144(109,110)123-18-29(100)36(16-97)143-150(121,122)129-22-41-33(13-52(134-41)93-8-4-47(101)83-70(93)108)140-147(115,116)128-24-43-35(15-54(136-43)96-27-79-57-60(96)86-66(76)89-63(57)104)142-149(119,120)127-21-40-32(12-51(133-40)92-7-3-46(73)82-69(92)107)139-145(111,112)124-19-38-28(99)9-48(131-38)94-25-77-55-58(94)84-64(74)87-61(55)102/h1-8,16,25-43,48-54,98-100H,9-15,17-24H2,(H,109,110)(H,111,112)(H,113,114)(H,115,116)(H,117,118)(H,119,120)(H,121,122)(H2,71,80,105)(H2,72,81,106)(H2,73,82,107)(H,83,101,108)(H3,74,84,87,102)(H3,75,85,88,103)(H3,76,86,89,104)/t28-,29+,30-,31-,32-,33-,34-,35-,36-,37+,38+,39+,40+,41+,42+,43+,48+,49+,50+,51+,52+,53+,54+/m0/s1. The van der Waals surface area contributed by atoms with E-state index in [1.54, 1.807) is 0 Å². The molecule has 0 saturated carbocycles. The number of aliphatic hydroxyl groups excluding tert-OH is 3. The molecule has 7 fully saturated rings. The van der Waals surface area contributed by atoms with Crippen molar-refractivity contribution in [1.82, 2.24) is 96.8 Å². The summed E-state index contributed by atoms with van der Waals surface area (Å²) in [5.41, 5.74) is 25.7. The number of anilines is 6. The Bertz CT molecular complexity index is 7600. The monoisotopic (exact) mass is 2260 g/mol. The lowest BCUT2D eigenvalue weighted by atomic mass is 10.2. The van der Waals surface area contributed by atoms with E-state index < -0.39 is 338 Å². The van der Waals surface area contributed by atoms with E-state index in [1.165, 1.54) is 29.2 Å². The fraction of sp³-hybridized carbons (Fsp3) is 0.543. The van der Waals surface area contributed by atoms with Crippen LogP contribution < -0.4 is 79.4 Å². The zero-order valence-electron chi connectivity index (χ0n) is 76.1. The minimum Gasteiger partial charge on any atom is -0.394 e. The summed E-state index contributed by atoms with van der Waals surface area (Å²) < 4.78 is 222. The third kappa shape index (κ3) is 25.9. The van der Waals surface area contributed by atoms with E-state index in [-0.39, 0.29) is 76.0 Å². The molecule has 17 heterocycles. The Balaban J connectivity index is 0.536. The molecular weight excluding hydrogens is 2170 g/mol. The number of aromatic nitrogens is 20. The van der Waals surface area contributed by atoms with Crippen LogP contribution in [-0.2, 0) is 133 Å². The van der Waals surface area contributed by atoms with E-state index >= 15 is 0 Å². The van der Waals surface area contributed by atoms with Gasteiger partial charge in [-0.2, -0.15) is 29.9 Å². The van der Waals surface area contributed by atoms with Crippen LogP contribution in [0, 0.1) is 0 Å². The van der Waals surface area contributed by atoms with E-state index in [4.69, 9.17) is 131 Å². The molecule has 17 rings (SSSR count). The Kier molecular flexibility index (Phi) is 32.6. The van der Waals surface area contributed by atoms with Crippen molar-refractivity contribution in [2.24, 2.45) is 0 Å². The minimum atomic E-state index is -5.89. The number of phosphoric acid groups is 7. The summed E-state index contributed by atoms with van der Waals surface area (Å²) >= 11 is 0. The molecule has 30 atom stereocenters. The lowest BCUT2D eigenvalue weighted by Crippen LogP contribution is -2.35. The number of nitrogens with two attached hydrogens (primary N) is 6. The summed E-state index contributed by atoms with van der Waals surface area (Å²) in [7, 11) is -39.5. The number of rotatable bonds is 45. The van der Waals surface area contributed by atoms with E-state index in [9.17, 15) is 125 Å². The van der Waals surface area contributed by atoms with Crippen LogP contribution in [0.15, 0.2) is 106 Å². The average molecular weight is 2270 g/mol. The maximum Gasteiger partial charge on any atom is 0.473 e. The molecule has 10 aromatic rings. The number of hydrogen-bond acceptors (Lipinski definition) is 55. The molecule has 7 saturated heterocycles. The molecule has 7 aliphatic heterocycles. The third-order valence-electron chi connectivity index (χ3n) is 23.6. The first-order valence-corrected chi connectivity index (χ1v) is 54.4. The molecule has 0 aromatic carbocycles. The van der Waals surface area contributed by atoms with Crippen molar-refractivity contribution in [3.8, 4) is 0 Å². The lowest BCUT2D eigenvalue weighted by molar-refractivity contribution is -0.121. The van der Waals surface area contributed by atoms with Crippen molar-refractivity contribution >= 4 is 130 Å². The number of ether oxygens (including phenoxy) is 7. The highest BCUT2D eigenvalue weighted by molar-refractivity contribution is 7.49. The van der Waals surface area contributed by atoms with Gasteiger partial charge in [0.1, 0.15) is 147 Å². The molecule has 150 heavy (non-hydrogen) atoms. The van der Waals surface area contributed by atoms with Crippen molar-refractivity contribution in [3.63, 3.8) is 0 Å². The molecule has 7 unspecified atom stereocenters. The second-order valence-corrected chi connectivity index (χ2v) is 43.6. The number of carbonyl (C=O) groups excluding carboxylic acids is 1. The van der Waals surface area contributed by atoms with Gasteiger partial charge in [0.15, 0.2) is 45.9 Å². The molecule has 26 N–H and O–H groups in total. The Hall–Kier alpha value is -10.8. The number of nitrogens with zero attached hydrogens (tertiary/aromatic N) is 16. The van der Waals surface area contributed by atoms with Crippen molar-refractivity contribution in [2.45, 2.75) is 186 Å². The van der Waals surface area contributed by atoms with E-state index in [1.807, 2.05) is 4.98 Å². The van der Waals surface area contributed by atoms with Crippen LogP contribution in [0.25, 0.3) is 33.5 Å². The summed E-state index contributed by atoms with van der Waals surface area (Å²) in [4.78, 5) is 239. The quantitative estimate of drug-likeness (QED) is 0.0125. The highest BCUT2D eigenvalue weighted by Gasteiger charge is 2.53. The van der Waals surface area contributed by atoms with Gasteiger partial charge in [-0.05, 0) is 18.2 Å². The van der Waals surface area contributed by atoms with Crippen LogP contribution in [0.3, 0.4) is 0 Å². The maximum absolute atomic E-state index is 14.4. The van der Waals surface area contributed by atoms with Gasteiger partial charge >= 0.3 is 77.5 Å². The number of nitrogen functional groups attached to an aromatic ring is 6. The van der Waals surface area contributed by atoms with Crippen molar-refractivity contribution in [3.05, 3.63) is 151 Å². The van der Waals surface area contributed by atoms with Gasteiger partial charge in [0.05, 0.1) is 77.9 Å². The number of fused-ring (bicyclic) bond motifs is 3. The van der Waals surface area contributed by atoms with Crippen LogP contribution in [-0.4, -0.2) is 303 Å². The molecule has 0 bridgehead atoms. The number of H-pyrrole nitrogens is 4. The summed E-state index contributed by atoms with van der Waals surface area (Å²) in [5.74, 6) is -1.81. The van der Waals surface area contributed by atoms with Crippen molar-refractivity contribution in [1.29, 1.82) is 0 Å². The molecular formula is C70H91N26O47P7. The minimum absolute atomic E-state index is 0.0338. The van der Waals surface area contributed by atoms with Crippen molar-refractivity contribution < 1.29 is 183 Å². The second kappa shape index (κ2) is 44.4. The van der Waals surface area contributed by atoms with Gasteiger partial charge in [-0.15, -0.1) is 0 Å². The maximum atomic E-state index is 14.4. The molecule has 10 aromatic heterocycles. The predicted octanol–water partition coefficient (Wildman–Crippen LogP) is -5.36. The van der Waals surface area contributed by atoms with E-state index in [2.05, 4.69) is 59.8 Å². The van der Waals surface area contributed by atoms with Gasteiger partial charge in [0.25, 0.3) is 22.2 Å². The zero-order chi connectivity index (χ0) is 108. The number of phosphoric ester groups is 7. The molecule has 73 nitrogen and oxygen atoms in total. The number of aliphatic hydroxyl groups is 3. The number of nitrogens with one attached hydrogen (secondary N) is 4. The number of hydrogen-bond donors (Lipinski definition) is 20. The topological polar surface area (TPSA) is 1040 Å². The molecule has 80 heteroatoms. The molecule has 0 spiro atoms. The number of aldehydes is 1. The molecule has 818 valence electrons. The van der Waals surface area contributed by atoms with Gasteiger partial charge in [0.2, 0.25) is 17.8 Å². The summed E-state index contributed by atoms with van der Waals surface area (Å²) in [6.45, 7) is -9.20. The average Bonchev–Trinajstić information content (AvgIpc) is 1.62. The summed E-state index contributed by atoms with van der Waals surface area (Å²) in [6.07, 6.45) is -35.6. The first-order chi connectivity index (χ1) is 70.8. The van der Waals surface area contributed by atoms with Crippen LogP contribution >= 0.6 is 54.8 Å². The van der Waals surface area contributed by atoms with E-state index in [0.717, 1.165) is 66.2 Å². The van der Waals surface area contributed by atoms with Crippen molar-refractivity contribution in [2.75, 3.05) is 87.3 Å². The predicted molar refractivity (Wildman–Crippen MR) is 487 cm³/mol. The first-order valence-electron chi connectivity index (χ1n) is 43.9. The highest BCUT2D eigenvalue weighted by atomic mass is 31.2. The van der Waals surface area contributed by atoms with Crippen LogP contribution in [0.4, 0.5) is 35.3 Å². The number of imidazole rings is 3. The van der Waals surface area contributed by atoms with Gasteiger partial charge < -0.3 is 122 Å². The second-order valence-electron chi connectivity index (χ2n) is 33.8. The van der Waals surface area contributed by atoms with Gasteiger partial charge in [0, 0.05) is 75.8 Å². The smallest absolute Gasteiger partial charge is 0.394 e. The Morgan fingerprint density at radius 2 is 0.640 bits per heavy atom. The van der Waals surface area contributed by atoms with Crippen LogP contribution in [0.5, 0.6) is 0 Å². The van der Waals surface area contributed by atoms with E-state index in [0.29, 0.717) is 4.57 Å². The number of carbonyl (C=O) groups is 1. The Morgan fingerprint density at radius 1 is 0.367 bits per heavy atom. The Morgan fingerprint density at radius 3 is 0.953 bits per heavy atom. The summed E-state index contributed by atoms with van der Waals surface area (Å²) in [6, 6.07) is 4.38. The van der Waals surface area contributed by atoms with Gasteiger partial charge in [-0.25, -0.2) is 66.1 Å². The molecule has 0 aliphatic carbocycles. The van der Waals surface area contributed by atoms with Crippen LogP contribution in [0.2, 0.25) is 0 Å². The lowest BCUT2D eigenvalue weighted by Gasteiger charge is -2.26. The largest absolute Gasteiger partial charge is 0.473 e. The highest BCUT2D eigenvalue weighted by Crippen LogP contribution is 2.58. The van der Waals surface area contributed by atoms with Gasteiger partial charge in [-0.3, -0.25) is 134 Å². The molecule has 7 aliphatic rings. The van der Waals surface area contributed by atoms with Crippen LogP contribution in [0.1, 0.15) is 88.5 Å². The molecule has 0 radical (unpaired) electrons. The third-order valence-corrected chi connectivity index (χ3v) is 30.7. The normalized spacial score (nSPS) is 29.4. The SMILES string of the molecule is Nc1ccn([C@H]2C[C@H](OP(=O)(O)OC[C@H]3O[C@@H](n4cnc5c(=O)[nH]c(N)nc54)C[C@@H]3OP(=O)(O)OC[C@H]3O[C@@H](n4ccc(N)nc4=O)C[C@@H]3OP(=O)(O)OC[C@@H](O)[C@H](C=O)OP(=O)(O)OC[C@H]3O[C@@H](n4ccc(=O)[nH]c4=O)C[C@@H]3OP(=O)(O)OC[C@H]3O[C@@H](n4cnc5c(=O)[nH]c(N)nc54)C[C@@H]3OP(=O)(O)OC[C@H]3O[C@@H](n4ccc(N)nc4=O)C[C@@H]3OP(=O)(O)OC[C@H]3O[C@@H](n4cnc5c(=O)[nH]c(N)nc54)C[C@@H]3O)[C@@H](CO)O2)c(=O)n1. The zero-order valence-corrected chi connectivity index (χ0v) is 82.4. The Labute approximate surface area is 831 Å². The van der Waals surface area contributed by atoms with Gasteiger partial charge in [-0.1, -0.05) is 0 Å². The fourth-order valence-electron chi connectivity index (χ4n) is 16.7. The fourth-order valence-corrected chi connectivity index (χ4v) is 23.4. The summed E-state index contributed by atoms with van der Waals surface area (Å²) in [5, 5.41) is 32.4. The molecule has 0 amide bonds.